The quantitative estimate of drug-likeness (QED) is 0.791. The molecule has 0 aliphatic heterocycles. The number of benzene rings is 1. The standard InChI is InChI=1S/C15H23N3O3/c1-9(13(19)18-14(16)20)17-11-8-10(15(2,3)4)6-7-12(11)21-5/h6-9,17H,1-5H3,(H3,16,18,19,20). The minimum atomic E-state index is -0.871. The summed E-state index contributed by atoms with van der Waals surface area (Å²) in [5, 5.41) is 5.08. The van der Waals surface area contributed by atoms with E-state index in [9.17, 15) is 9.59 Å². The zero-order valence-electron chi connectivity index (χ0n) is 13.1. The highest BCUT2D eigenvalue weighted by atomic mass is 16.5. The predicted octanol–water partition coefficient (Wildman–Crippen LogP) is 1.99. The van der Waals surface area contributed by atoms with Crippen molar-refractivity contribution in [2.45, 2.75) is 39.2 Å². The fourth-order valence-electron chi connectivity index (χ4n) is 1.82. The summed E-state index contributed by atoms with van der Waals surface area (Å²) in [5.41, 5.74) is 6.71. The molecular formula is C15H23N3O3. The van der Waals surface area contributed by atoms with Crippen LogP contribution in [0.25, 0.3) is 0 Å². The molecule has 21 heavy (non-hydrogen) atoms. The van der Waals surface area contributed by atoms with Crippen LogP contribution in [0.15, 0.2) is 18.2 Å². The van der Waals surface area contributed by atoms with Gasteiger partial charge in [-0.25, -0.2) is 4.79 Å². The van der Waals surface area contributed by atoms with Crippen molar-refractivity contribution in [2.75, 3.05) is 12.4 Å². The van der Waals surface area contributed by atoms with Gasteiger partial charge in [0.2, 0.25) is 5.91 Å². The van der Waals surface area contributed by atoms with E-state index in [2.05, 4.69) is 26.1 Å². The van der Waals surface area contributed by atoms with Crippen LogP contribution in [-0.2, 0) is 10.2 Å². The molecule has 1 aromatic carbocycles. The molecule has 0 bridgehead atoms. The number of hydrogen-bond donors (Lipinski definition) is 3. The Hall–Kier alpha value is -2.24. The SMILES string of the molecule is COc1ccc(C(C)(C)C)cc1NC(C)C(=O)NC(N)=O. The molecule has 4 N–H and O–H groups in total. The largest absolute Gasteiger partial charge is 0.495 e. The summed E-state index contributed by atoms with van der Waals surface area (Å²) >= 11 is 0. The van der Waals surface area contributed by atoms with Crippen molar-refractivity contribution in [1.29, 1.82) is 0 Å². The Labute approximate surface area is 125 Å². The second-order valence-electron chi connectivity index (χ2n) is 5.88. The monoisotopic (exact) mass is 293 g/mol. The molecule has 1 rings (SSSR count). The summed E-state index contributed by atoms with van der Waals surface area (Å²) in [6.45, 7) is 7.94. The number of carbonyl (C=O) groups is 2. The van der Waals surface area contributed by atoms with Gasteiger partial charge in [-0.1, -0.05) is 26.8 Å². The Bertz CT molecular complexity index is 535. The first-order chi connectivity index (χ1) is 9.65. The average Bonchev–Trinajstić information content (AvgIpc) is 2.36. The van der Waals surface area contributed by atoms with Crippen molar-refractivity contribution in [2.24, 2.45) is 5.73 Å². The van der Waals surface area contributed by atoms with E-state index in [1.54, 1.807) is 14.0 Å². The van der Waals surface area contributed by atoms with E-state index < -0.39 is 18.0 Å². The van der Waals surface area contributed by atoms with Crippen molar-refractivity contribution in [3.63, 3.8) is 0 Å². The predicted molar refractivity (Wildman–Crippen MR) is 82.5 cm³/mol. The van der Waals surface area contributed by atoms with Crippen molar-refractivity contribution in [3.8, 4) is 5.75 Å². The third-order valence-electron chi connectivity index (χ3n) is 3.08. The smallest absolute Gasteiger partial charge is 0.318 e. The van der Waals surface area contributed by atoms with Crippen molar-refractivity contribution in [1.82, 2.24) is 5.32 Å². The lowest BCUT2D eigenvalue weighted by Crippen LogP contribution is -2.43. The van der Waals surface area contributed by atoms with Crippen LogP contribution in [0.3, 0.4) is 0 Å². The number of urea groups is 1. The molecule has 3 amide bonds. The van der Waals surface area contributed by atoms with Crippen LogP contribution in [0.1, 0.15) is 33.3 Å². The number of imide groups is 1. The molecule has 0 aliphatic rings. The van der Waals surface area contributed by atoms with Crippen LogP contribution in [-0.4, -0.2) is 25.1 Å². The minimum Gasteiger partial charge on any atom is -0.495 e. The molecule has 1 unspecified atom stereocenters. The van der Waals surface area contributed by atoms with Gasteiger partial charge < -0.3 is 15.8 Å². The van der Waals surface area contributed by atoms with E-state index in [1.807, 2.05) is 23.5 Å². The van der Waals surface area contributed by atoms with E-state index >= 15 is 0 Å². The van der Waals surface area contributed by atoms with E-state index in [1.165, 1.54) is 0 Å². The molecule has 116 valence electrons. The Morgan fingerprint density at radius 2 is 1.90 bits per heavy atom. The molecule has 0 aromatic heterocycles. The average molecular weight is 293 g/mol. The van der Waals surface area contributed by atoms with Crippen LogP contribution in [0.2, 0.25) is 0 Å². The Morgan fingerprint density at radius 3 is 2.38 bits per heavy atom. The zero-order valence-corrected chi connectivity index (χ0v) is 13.1. The molecule has 1 atom stereocenters. The summed E-state index contributed by atoms with van der Waals surface area (Å²) in [6, 6.07) is 4.28. The van der Waals surface area contributed by atoms with Gasteiger partial charge in [0.25, 0.3) is 0 Å². The topological polar surface area (TPSA) is 93.4 Å². The molecule has 1 aromatic rings. The summed E-state index contributed by atoms with van der Waals surface area (Å²) in [6.07, 6.45) is 0. The van der Waals surface area contributed by atoms with Gasteiger partial charge in [-0.15, -0.1) is 0 Å². The maximum Gasteiger partial charge on any atom is 0.318 e. The number of nitrogens with two attached hydrogens (primary N) is 1. The van der Waals surface area contributed by atoms with Crippen LogP contribution >= 0.6 is 0 Å². The Balaban J connectivity index is 3.00. The molecule has 0 saturated carbocycles. The van der Waals surface area contributed by atoms with Crippen molar-refractivity contribution < 1.29 is 14.3 Å². The first-order valence-corrected chi connectivity index (χ1v) is 6.70. The van der Waals surface area contributed by atoms with Gasteiger partial charge in [0.1, 0.15) is 11.8 Å². The summed E-state index contributed by atoms with van der Waals surface area (Å²) in [5.74, 6) is 0.132. The molecule has 0 spiro atoms. The molecule has 0 heterocycles. The number of primary amides is 1. The normalized spacial score (nSPS) is 12.4. The highest BCUT2D eigenvalue weighted by Gasteiger charge is 2.19. The maximum absolute atomic E-state index is 11.7. The number of nitrogens with one attached hydrogen (secondary N) is 2. The van der Waals surface area contributed by atoms with Gasteiger partial charge in [0, 0.05) is 0 Å². The Kier molecular flexibility index (Phi) is 5.18. The minimum absolute atomic E-state index is 0.0264. The van der Waals surface area contributed by atoms with E-state index in [-0.39, 0.29) is 5.41 Å². The molecule has 6 nitrogen and oxygen atoms in total. The van der Waals surface area contributed by atoms with Gasteiger partial charge in [-0.05, 0) is 30.0 Å². The molecular weight excluding hydrogens is 270 g/mol. The first-order valence-electron chi connectivity index (χ1n) is 6.70. The highest BCUT2D eigenvalue weighted by molar-refractivity contribution is 5.97. The molecule has 0 fully saturated rings. The van der Waals surface area contributed by atoms with Crippen LogP contribution < -0.4 is 21.1 Å². The number of amides is 3. The number of methoxy groups -OCH3 is 1. The lowest BCUT2D eigenvalue weighted by Gasteiger charge is -2.23. The van der Waals surface area contributed by atoms with Gasteiger partial charge in [-0.3, -0.25) is 10.1 Å². The van der Waals surface area contributed by atoms with Gasteiger partial charge in [0.05, 0.1) is 12.8 Å². The van der Waals surface area contributed by atoms with Gasteiger partial charge >= 0.3 is 6.03 Å². The van der Waals surface area contributed by atoms with Crippen molar-refractivity contribution in [3.05, 3.63) is 23.8 Å². The molecule has 0 aliphatic carbocycles. The van der Waals surface area contributed by atoms with Gasteiger partial charge in [0.15, 0.2) is 0 Å². The summed E-state index contributed by atoms with van der Waals surface area (Å²) in [4.78, 5) is 22.4. The lowest BCUT2D eigenvalue weighted by atomic mass is 9.86. The summed E-state index contributed by atoms with van der Waals surface area (Å²) in [7, 11) is 1.56. The summed E-state index contributed by atoms with van der Waals surface area (Å²) < 4.78 is 5.29. The fraction of sp³-hybridized carbons (Fsp3) is 0.467. The number of carbonyl (C=O) groups excluding carboxylic acids is 2. The van der Waals surface area contributed by atoms with Gasteiger partial charge in [-0.2, -0.15) is 0 Å². The first kappa shape index (κ1) is 16.8. The van der Waals surface area contributed by atoms with Crippen LogP contribution in [0.5, 0.6) is 5.75 Å². The fourth-order valence-corrected chi connectivity index (χ4v) is 1.82. The number of rotatable bonds is 4. The molecule has 0 saturated heterocycles. The molecule has 6 heteroatoms. The third-order valence-corrected chi connectivity index (χ3v) is 3.08. The van der Waals surface area contributed by atoms with E-state index in [0.717, 1.165) is 5.56 Å². The number of hydrogen-bond acceptors (Lipinski definition) is 4. The van der Waals surface area contributed by atoms with Crippen LogP contribution in [0, 0.1) is 0 Å². The maximum atomic E-state index is 11.7. The highest BCUT2D eigenvalue weighted by Crippen LogP contribution is 2.31. The second-order valence-corrected chi connectivity index (χ2v) is 5.88. The third kappa shape index (κ3) is 4.66. The number of anilines is 1. The van der Waals surface area contributed by atoms with Crippen LogP contribution in [0.4, 0.5) is 10.5 Å². The lowest BCUT2D eigenvalue weighted by molar-refractivity contribution is -0.120. The van der Waals surface area contributed by atoms with E-state index in [0.29, 0.717) is 11.4 Å². The van der Waals surface area contributed by atoms with Crippen molar-refractivity contribution >= 4 is 17.6 Å². The second kappa shape index (κ2) is 6.47. The Morgan fingerprint density at radius 1 is 1.29 bits per heavy atom. The molecule has 0 radical (unpaired) electrons. The number of ether oxygens (including phenoxy) is 1. The van der Waals surface area contributed by atoms with E-state index in [4.69, 9.17) is 10.5 Å². The zero-order chi connectivity index (χ0) is 16.2.